The van der Waals surface area contributed by atoms with Crippen LogP contribution in [0, 0.1) is 5.82 Å². The lowest BCUT2D eigenvalue weighted by atomic mass is 10.1. The molecule has 0 aliphatic heterocycles. The molecular formula is C13H16FNO3. The van der Waals surface area contributed by atoms with E-state index in [-0.39, 0.29) is 5.56 Å². The van der Waals surface area contributed by atoms with Crippen LogP contribution >= 0.6 is 0 Å². The van der Waals surface area contributed by atoms with Crippen LogP contribution in [0.15, 0.2) is 24.3 Å². The minimum atomic E-state index is -1.11. The van der Waals surface area contributed by atoms with Gasteiger partial charge in [0, 0.05) is 38.0 Å². The van der Waals surface area contributed by atoms with E-state index in [9.17, 15) is 9.18 Å². The predicted octanol–water partition coefficient (Wildman–Crippen LogP) is 2.01. The maximum Gasteiger partial charge on any atom is 0.328 e. The first kappa shape index (κ1) is 14.2. The molecule has 0 aromatic heterocycles. The van der Waals surface area contributed by atoms with Gasteiger partial charge >= 0.3 is 5.97 Å². The quantitative estimate of drug-likeness (QED) is 0.788. The average molecular weight is 253 g/mol. The number of benzene rings is 1. The van der Waals surface area contributed by atoms with Crippen molar-refractivity contribution in [2.24, 2.45) is 0 Å². The maximum absolute atomic E-state index is 13.7. The number of halogens is 1. The Bertz CT molecular complexity index is 446. The Balaban J connectivity index is 3.03. The van der Waals surface area contributed by atoms with Gasteiger partial charge in [-0.25, -0.2) is 9.18 Å². The van der Waals surface area contributed by atoms with E-state index >= 15 is 0 Å². The lowest BCUT2D eigenvalue weighted by Crippen LogP contribution is -2.23. The second-order valence-corrected chi connectivity index (χ2v) is 3.76. The van der Waals surface area contributed by atoms with E-state index in [1.54, 1.807) is 26.3 Å². The standard InChI is InChI=1S/C13H16FNO3/c1-15(8-9-18-2)12-5-3-4-11(14)10(12)6-7-13(16)17/h3-7H,8-9H2,1-2H3,(H,16,17)/b7-6+. The normalized spacial score (nSPS) is 10.8. The Kier molecular flexibility index (Phi) is 5.32. The third-order valence-electron chi connectivity index (χ3n) is 2.46. The van der Waals surface area contributed by atoms with Gasteiger partial charge in [0.2, 0.25) is 0 Å². The van der Waals surface area contributed by atoms with Gasteiger partial charge in [-0.2, -0.15) is 0 Å². The van der Waals surface area contributed by atoms with Crippen molar-refractivity contribution in [2.45, 2.75) is 0 Å². The van der Waals surface area contributed by atoms with Crippen molar-refractivity contribution in [3.8, 4) is 0 Å². The number of nitrogens with zero attached hydrogens (tertiary/aromatic N) is 1. The molecule has 1 aromatic carbocycles. The highest BCUT2D eigenvalue weighted by molar-refractivity contribution is 5.87. The number of ether oxygens (including phenoxy) is 1. The summed E-state index contributed by atoms with van der Waals surface area (Å²) in [5.74, 6) is -1.56. The second-order valence-electron chi connectivity index (χ2n) is 3.76. The number of rotatable bonds is 6. The van der Waals surface area contributed by atoms with Gasteiger partial charge in [0.25, 0.3) is 0 Å². The molecule has 0 amide bonds. The topological polar surface area (TPSA) is 49.8 Å². The smallest absolute Gasteiger partial charge is 0.328 e. The third-order valence-corrected chi connectivity index (χ3v) is 2.46. The molecule has 0 aliphatic rings. The van der Waals surface area contributed by atoms with Crippen LogP contribution in [0.2, 0.25) is 0 Å². The lowest BCUT2D eigenvalue weighted by molar-refractivity contribution is -0.131. The number of aliphatic carboxylic acids is 1. The SMILES string of the molecule is COCCN(C)c1cccc(F)c1/C=C/C(=O)O. The van der Waals surface area contributed by atoms with Crippen molar-refractivity contribution >= 4 is 17.7 Å². The van der Waals surface area contributed by atoms with Crippen LogP contribution in [0.1, 0.15) is 5.56 Å². The zero-order chi connectivity index (χ0) is 13.5. The molecule has 0 radical (unpaired) electrons. The van der Waals surface area contributed by atoms with Gasteiger partial charge in [-0.15, -0.1) is 0 Å². The van der Waals surface area contributed by atoms with E-state index in [1.807, 2.05) is 4.90 Å². The minimum Gasteiger partial charge on any atom is -0.478 e. The Morgan fingerprint density at radius 1 is 1.56 bits per heavy atom. The second kappa shape index (κ2) is 6.76. The molecule has 0 aliphatic carbocycles. The molecule has 0 heterocycles. The van der Waals surface area contributed by atoms with Crippen LogP contribution in [0.3, 0.4) is 0 Å². The fraction of sp³-hybridized carbons (Fsp3) is 0.308. The maximum atomic E-state index is 13.7. The molecule has 0 bridgehead atoms. The number of hydrogen-bond acceptors (Lipinski definition) is 3. The van der Waals surface area contributed by atoms with Crippen LogP contribution in [-0.4, -0.2) is 38.4 Å². The van der Waals surface area contributed by atoms with E-state index in [0.717, 1.165) is 6.08 Å². The van der Waals surface area contributed by atoms with Crippen LogP contribution in [-0.2, 0) is 9.53 Å². The fourth-order valence-corrected chi connectivity index (χ4v) is 1.53. The highest BCUT2D eigenvalue weighted by Crippen LogP contribution is 2.23. The zero-order valence-corrected chi connectivity index (χ0v) is 10.4. The monoisotopic (exact) mass is 253 g/mol. The summed E-state index contributed by atoms with van der Waals surface area (Å²) in [4.78, 5) is 12.3. The van der Waals surface area contributed by atoms with Gasteiger partial charge in [0.05, 0.1) is 6.61 Å². The van der Waals surface area contributed by atoms with Crippen LogP contribution < -0.4 is 4.90 Å². The van der Waals surface area contributed by atoms with Crippen molar-refractivity contribution in [3.63, 3.8) is 0 Å². The number of likely N-dealkylation sites (N-methyl/N-ethyl adjacent to an activating group) is 1. The molecule has 0 saturated heterocycles. The summed E-state index contributed by atoms with van der Waals surface area (Å²) in [5.41, 5.74) is 0.892. The van der Waals surface area contributed by atoms with Crippen molar-refractivity contribution in [1.82, 2.24) is 0 Å². The first-order valence-corrected chi connectivity index (χ1v) is 5.46. The summed E-state index contributed by atoms with van der Waals surface area (Å²) in [5, 5.41) is 8.59. The molecule has 0 atom stereocenters. The van der Waals surface area contributed by atoms with Crippen molar-refractivity contribution < 1.29 is 19.0 Å². The van der Waals surface area contributed by atoms with E-state index in [4.69, 9.17) is 9.84 Å². The minimum absolute atomic E-state index is 0.263. The van der Waals surface area contributed by atoms with Crippen LogP contribution in [0.25, 0.3) is 6.08 Å². The number of methoxy groups -OCH3 is 1. The van der Waals surface area contributed by atoms with E-state index < -0.39 is 11.8 Å². The summed E-state index contributed by atoms with van der Waals surface area (Å²) in [7, 11) is 3.39. The van der Waals surface area contributed by atoms with Gasteiger partial charge in [0.1, 0.15) is 5.82 Å². The lowest BCUT2D eigenvalue weighted by Gasteiger charge is -2.21. The van der Waals surface area contributed by atoms with Crippen LogP contribution in [0.4, 0.5) is 10.1 Å². The molecular weight excluding hydrogens is 237 g/mol. The number of carbonyl (C=O) groups is 1. The molecule has 0 fully saturated rings. The zero-order valence-electron chi connectivity index (χ0n) is 10.4. The van der Waals surface area contributed by atoms with Crippen molar-refractivity contribution in [3.05, 3.63) is 35.7 Å². The fourth-order valence-electron chi connectivity index (χ4n) is 1.53. The molecule has 1 N–H and O–H groups in total. The summed E-state index contributed by atoms with van der Waals surface area (Å²) >= 11 is 0. The Hall–Kier alpha value is -1.88. The predicted molar refractivity (Wildman–Crippen MR) is 68.2 cm³/mol. The molecule has 0 spiro atoms. The highest BCUT2D eigenvalue weighted by Gasteiger charge is 2.09. The molecule has 0 saturated carbocycles. The van der Waals surface area contributed by atoms with Gasteiger partial charge in [-0.1, -0.05) is 6.07 Å². The van der Waals surface area contributed by atoms with E-state index in [0.29, 0.717) is 18.8 Å². The molecule has 0 unspecified atom stereocenters. The number of anilines is 1. The third kappa shape index (κ3) is 3.85. The number of carboxylic acids is 1. The molecule has 1 rings (SSSR count). The molecule has 4 nitrogen and oxygen atoms in total. The summed E-state index contributed by atoms with van der Waals surface area (Å²) in [6.07, 6.45) is 2.18. The first-order valence-electron chi connectivity index (χ1n) is 5.46. The van der Waals surface area contributed by atoms with E-state index in [1.165, 1.54) is 12.1 Å². The summed E-state index contributed by atoms with van der Waals surface area (Å²) < 4.78 is 18.6. The molecule has 1 aromatic rings. The van der Waals surface area contributed by atoms with Crippen LogP contribution in [0.5, 0.6) is 0 Å². The Morgan fingerprint density at radius 2 is 2.28 bits per heavy atom. The molecule has 18 heavy (non-hydrogen) atoms. The Morgan fingerprint density at radius 3 is 2.89 bits per heavy atom. The average Bonchev–Trinajstić information content (AvgIpc) is 2.34. The Labute approximate surface area is 105 Å². The summed E-state index contributed by atoms with van der Waals surface area (Å²) in [6.45, 7) is 1.10. The number of hydrogen-bond donors (Lipinski definition) is 1. The van der Waals surface area contributed by atoms with E-state index in [2.05, 4.69) is 0 Å². The number of carboxylic acid groups (broad SMARTS) is 1. The van der Waals surface area contributed by atoms with Crippen molar-refractivity contribution in [2.75, 3.05) is 32.2 Å². The molecule has 5 heteroatoms. The van der Waals surface area contributed by atoms with Gasteiger partial charge in [-0.05, 0) is 18.2 Å². The molecule has 98 valence electrons. The van der Waals surface area contributed by atoms with Gasteiger partial charge < -0.3 is 14.7 Å². The van der Waals surface area contributed by atoms with Crippen molar-refractivity contribution in [1.29, 1.82) is 0 Å². The largest absolute Gasteiger partial charge is 0.478 e. The van der Waals surface area contributed by atoms with Gasteiger partial charge in [0.15, 0.2) is 0 Å². The first-order chi connectivity index (χ1) is 8.56. The van der Waals surface area contributed by atoms with Gasteiger partial charge in [-0.3, -0.25) is 0 Å². The summed E-state index contributed by atoms with van der Waals surface area (Å²) in [6, 6.07) is 4.63. The highest BCUT2D eigenvalue weighted by atomic mass is 19.1.